The average molecular weight is 351 g/mol. The lowest BCUT2D eigenvalue weighted by Gasteiger charge is -2.15. The molecular formula is C16H16BrFN2O. The summed E-state index contributed by atoms with van der Waals surface area (Å²) in [5.41, 5.74) is 1.55. The molecule has 0 bridgehead atoms. The van der Waals surface area contributed by atoms with Gasteiger partial charge in [0.25, 0.3) is 5.91 Å². The second kappa shape index (κ2) is 5.64. The zero-order valence-electron chi connectivity index (χ0n) is 11.6. The van der Waals surface area contributed by atoms with Crippen LogP contribution in [0.15, 0.2) is 41.0 Å². The molecule has 3 rings (SSSR count). The Morgan fingerprint density at radius 2 is 2.05 bits per heavy atom. The van der Waals surface area contributed by atoms with E-state index >= 15 is 0 Å². The van der Waals surface area contributed by atoms with Crippen molar-refractivity contribution in [2.45, 2.75) is 31.8 Å². The van der Waals surface area contributed by atoms with Gasteiger partial charge < -0.3 is 9.88 Å². The van der Waals surface area contributed by atoms with Crippen molar-refractivity contribution in [3.63, 3.8) is 0 Å². The highest BCUT2D eigenvalue weighted by Crippen LogP contribution is 2.37. The monoisotopic (exact) mass is 350 g/mol. The van der Waals surface area contributed by atoms with Crippen LogP contribution < -0.4 is 5.32 Å². The van der Waals surface area contributed by atoms with Gasteiger partial charge in [0.15, 0.2) is 0 Å². The van der Waals surface area contributed by atoms with Gasteiger partial charge in [-0.15, -0.1) is 0 Å². The average Bonchev–Trinajstić information content (AvgIpc) is 3.22. The molecular weight excluding hydrogens is 335 g/mol. The molecule has 1 unspecified atom stereocenters. The minimum absolute atomic E-state index is 0.107. The number of hydrogen-bond donors (Lipinski definition) is 1. The molecule has 0 aliphatic heterocycles. The second-order valence-corrected chi connectivity index (χ2v) is 6.34. The molecule has 1 N–H and O–H groups in total. The van der Waals surface area contributed by atoms with Gasteiger partial charge in [0.1, 0.15) is 11.5 Å². The summed E-state index contributed by atoms with van der Waals surface area (Å²) in [6.45, 7) is 1.89. The van der Waals surface area contributed by atoms with Crippen molar-refractivity contribution >= 4 is 21.8 Å². The van der Waals surface area contributed by atoms with Crippen LogP contribution in [0.3, 0.4) is 0 Å². The van der Waals surface area contributed by atoms with Gasteiger partial charge in [-0.05, 0) is 59.5 Å². The van der Waals surface area contributed by atoms with E-state index in [0.29, 0.717) is 11.7 Å². The first-order valence-corrected chi connectivity index (χ1v) is 7.77. The predicted molar refractivity (Wildman–Crippen MR) is 82.7 cm³/mol. The van der Waals surface area contributed by atoms with Crippen LogP contribution in [0.4, 0.5) is 4.39 Å². The summed E-state index contributed by atoms with van der Waals surface area (Å²) < 4.78 is 15.9. The van der Waals surface area contributed by atoms with Gasteiger partial charge in [-0.3, -0.25) is 4.79 Å². The first-order valence-electron chi connectivity index (χ1n) is 6.98. The van der Waals surface area contributed by atoms with E-state index in [1.165, 1.54) is 12.1 Å². The molecule has 2 aromatic rings. The molecule has 1 amide bonds. The molecule has 1 aliphatic rings. The number of amides is 1. The third-order valence-electron chi connectivity index (χ3n) is 3.71. The molecule has 1 atom stereocenters. The molecule has 1 heterocycles. The molecule has 21 heavy (non-hydrogen) atoms. The number of carbonyl (C=O) groups is 1. The van der Waals surface area contributed by atoms with Crippen LogP contribution in [0.25, 0.3) is 0 Å². The van der Waals surface area contributed by atoms with Crippen LogP contribution in [0.5, 0.6) is 0 Å². The van der Waals surface area contributed by atoms with Crippen molar-refractivity contribution in [2.24, 2.45) is 0 Å². The first kappa shape index (κ1) is 14.3. The number of rotatable bonds is 4. The van der Waals surface area contributed by atoms with E-state index in [-0.39, 0.29) is 17.8 Å². The van der Waals surface area contributed by atoms with Crippen molar-refractivity contribution in [3.05, 3.63) is 58.1 Å². The van der Waals surface area contributed by atoms with Crippen molar-refractivity contribution in [2.75, 3.05) is 0 Å². The number of nitrogens with one attached hydrogen (secondary N) is 1. The highest BCUT2D eigenvalue weighted by Gasteiger charge is 2.28. The van der Waals surface area contributed by atoms with Crippen LogP contribution in [-0.2, 0) is 0 Å². The molecule has 0 saturated heterocycles. The van der Waals surface area contributed by atoms with E-state index < -0.39 is 0 Å². The van der Waals surface area contributed by atoms with E-state index in [4.69, 9.17) is 0 Å². The molecule has 5 heteroatoms. The van der Waals surface area contributed by atoms with Crippen LogP contribution in [0.1, 0.15) is 47.9 Å². The Bertz CT molecular complexity index is 661. The van der Waals surface area contributed by atoms with Gasteiger partial charge in [-0.1, -0.05) is 12.1 Å². The zero-order valence-corrected chi connectivity index (χ0v) is 13.2. The van der Waals surface area contributed by atoms with Crippen LogP contribution >= 0.6 is 15.9 Å². The fourth-order valence-corrected chi connectivity index (χ4v) is 2.83. The lowest BCUT2D eigenvalue weighted by atomic mass is 10.1. The topological polar surface area (TPSA) is 34.0 Å². The van der Waals surface area contributed by atoms with Crippen LogP contribution in [0.2, 0.25) is 0 Å². The summed E-state index contributed by atoms with van der Waals surface area (Å²) in [6.07, 6.45) is 4.19. The zero-order chi connectivity index (χ0) is 15.0. The summed E-state index contributed by atoms with van der Waals surface area (Å²) in [6, 6.07) is 8.30. The van der Waals surface area contributed by atoms with Crippen LogP contribution in [-0.4, -0.2) is 10.5 Å². The fourth-order valence-electron chi connectivity index (χ4n) is 2.39. The van der Waals surface area contributed by atoms with Gasteiger partial charge >= 0.3 is 0 Å². The number of hydrogen-bond acceptors (Lipinski definition) is 1. The summed E-state index contributed by atoms with van der Waals surface area (Å²) >= 11 is 3.42. The highest BCUT2D eigenvalue weighted by molar-refractivity contribution is 9.10. The quantitative estimate of drug-likeness (QED) is 0.880. The molecule has 1 aromatic heterocycles. The SMILES string of the molecule is CC(NC(=O)c1cc(Br)cn1C1CC1)c1ccc(F)cc1. The number of nitrogens with zero attached hydrogens (tertiary/aromatic N) is 1. The van der Waals surface area contributed by atoms with Crippen LogP contribution in [0, 0.1) is 5.82 Å². The van der Waals surface area contributed by atoms with Gasteiger partial charge in [-0.25, -0.2) is 4.39 Å². The third-order valence-corrected chi connectivity index (χ3v) is 4.14. The normalized spacial score (nSPS) is 15.8. The van der Waals surface area contributed by atoms with Gasteiger partial charge in [0, 0.05) is 16.7 Å². The second-order valence-electron chi connectivity index (χ2n) is 5.43. The Kier molecular flexibility index (Phi) is 3.85. The van der Waals surface area contributed by atoms with Gasteiger partial charge in [0.05, 0.1) is 6.04 Å². The molecule has 1 saturated carbocycles. The minimum atomic E-state index is -0.274. The highest BCUT2D eigenvalue weighted by atomic mass is 79.9. The molecule has 0 radical (unpaired) electrons. The van der Waals surface area contributed by atoms with Crippen molar-refractivity contribution in [3.8, 4) is 0 Å². The summed E-state index contributed by atoms with van der Waals surface area (Å²) in [4.78, 5) is 12.4. The Morgan fingerprint density at radius 1 is 1.38 bits per heavy atom. The Hall–Kier alpha value is -1.62. The fraction of sp³-hybridized carbons (Fsp3) is 0.312. The van der Waals surface area contributed by atoms with E-state index in [2.05, 4.69) is 21.2 Å². The number of carbonyl (C=O) groups excluding carboxylic acids is 1. The smallest absolute Gasteiger partial charge is 0.268 e. The maximum Gasteiger partial charge on any atom is 0.268 e. The molecule has 0 spiro atoms. The number of halogens is 2. The Morgan fingerprint density at radius 3 is 2.67 bits per heavy atom. The van der Waals surface area contributed by atoms with E-state index in [9.17, 15) is 9.18 Å². The van der Waals surface area contributed by atoms with Crippen molar-refractivity contribution in [1.29, 1.82) is 0 Å². The predicted octanol–water partition coefficient (Wildman–Crippen LogP) is 4.22. The maximum atomic E-state index is 12.9. The third kappa shape index (κ3) is 3.18. The first-order chi connectivity index (χ1) is 10.0. The molecule has 3 nitrogen and oxygen atoms in total. The lowest BCUT2D eigenvalue weighted by molar-refractivity contribution is 0.0930. The maximum absolute atomic E-state index is 12.9. The summed E-state index contributed by atoms with van der Waals surface area (Å²) in [7, 11) is 0. The molecule has 1 fully saturated rings. The minimum Gasteiger partial charge on any atom is -0.344 e. The number of aromatic nitrogens is 1. The van der Waals surface area contributed by atoms with E-state index in [1.807, 2.05) is 23.8 Å². The summed E-state index contributed by atoms with van der Waals surface area (Å²) in [5, 5.41) is 2.97. The number of benzene rings is 1. The van der Waals surface area contributed by atoms with Gasteiger partial charge in [0.2, 0.25) is 0 Å². The lowest BCUT2D eigenvalue weighted by Crippen LogP contribution is -2.28. The standard InChI is InChI=1S/C16H16BrFN2O/c1-10(11-2-4-13(18)5-3-11)19-16(21)15-8-12(17)9-20(15)14-6-7-14/h2-5,8-10,14H,6-7H2,1H3,(H,19,21). The largest absolute Gasteiger partial charge is 0.344 e. The Balaban J connectivity index is 1.75. The summed E-state index contributed by atoms with van der Waals surface area (Å²) in [5.74, 6) is -0.381. The molecule has 1 aliphatic carbocycles. The van der Waals surface area contributed by atoms with E-state index in [1.54, 1.807) is 12.1 Å². The van der Waals surface area contributed by atoms with Crippen molar-refractivity contribution < 1.29 is 9.18 Å². The van der Waals surface area contributed by atoms with Crippen molar-refractivity contribution in [1.82, 2.24) is 9.88 Å². The van der Waals surface area contributed by atoms with Gasteiger partial charge in [-0.2, -0.15) is 0 Å². The van der Waals surface area contributed by atoms with E-state index in [0.717, 1.165) is 22.9 Å². The Labute approximate surface area is 131 Å². The molecule has 110 valence electrons. The molecule has 1 aromatic carbocycles.